The van der Waals surface area contributed by atoms with Crippen LogP contribution in [0.25, 0.3) is 0 Å². The molecule has 94 valence electrons. The fourth-order valence-corrected chi connectivity index (χ4v) is 1.94. The zero-order chi connectivity index (χ0) is 13.3. The maximum atomic E-state index is 13.6. The predicted octanol–water partition coefficient (Wildman–Crippen LogP) is 2.14. The molecule has 0 bridgehead atoms. The summed E-state index contributed by atoms with van der Waals surface area (Å²) in [6.45, 7) is 0.0111. The van der Waals surface area contributed by atoms with Crippen molar-refractivity contribution in [3.05, 3.63) is 66.1 Å². The minimum Gasteiger partial charge on any atom is -0.295 e. The second kappa shape index (κ2) is 5.07. The molecule has 2 rings (SSSR count). The summed E-state index contributed by atoms with van der Waals surface area (Å²) in [5.41, 5.74) is -0.814. The van der Waals surface area contributed by atoms with Crippen LogP contribution in [0.1, 0.15) is 5.56 Å². The van der Waals surface area contributed by atoms with Crippen LogP contribution in [0.2, 0.25) is 5.02 Å². The van der Waals surface area contributed by atoms with Gasteiger partial charge in [0.2, 0.25) is 0 Å². The monoisotopic (exact) mass is 332 g/mol. The van der Waals surface area contributed by atoms with Crippen LogP contribution in [-0.2, 0) is 6.54 Å². The summed E-state index contributed by atoms with van der Waals surface area (Å²) in [5.74, 6) is -0.503. The van der Waals surface area contributed by atoms with E-state index in [0.717, 1.165) is 0 Å². The molecular formula is C11H7BrClFN2O2. The standard InChI is InChI=1S/C11H7BrClFN2O2/c12-8-5-16(11(18)15-10(8)17)4-6-1-2-7(13)3-9(6)14/h1-3,5H,4H2,(H,15,17,18). The highest BCUT2D eigenvalue weighted by molar-refractivity contribution is 9.10. The van der Waals surface area contributed by atoms with E-state index in [4.69, 9.17) is 11.6 Å². The van der Waals surface area contributed by atoms with E-state index in [1.165, 1.54) is 29.0 Å². The van der Waals surface area contributed by atoms with Crippen molar-refractivity contribution < 1.29 is 4.39 Å². The Kier molecular flexibility index (Phi) is 3.68. The second-order valence-electron chi connectivity index (χ2n) is 3.60. The first-order chi connectivity index (χ1) is 8.47. The fourth-order valence-electron chi connectivity index (χ4n) is 1.43. The third-order valence-corrected chi connectivity index (χ3v) is 3.12. The van der Waals surface area contributed by atoms with Crippen LogP contribution in [-0.4, -0.2) is 9.55 Å². The first-order valence-corrected chi connectivity index (χ1v) is 6.07. The van der Waals surface area contributed by atoms with Crippen molar-refractivity contribution in [1.82, 2.24) is 9.55 Å². The van der Waals surface area contributed by atoms with E-state index in [1.807, 2.05) is 0 Å². The molecule has 4 nitrogen and oxygen atoms in total. The number of halogens is 3. The molecule has 0 aliphatic carbocycles. The molecule has 0 amide bonds. The van der Waals surface area contributed by atoms with Gasteiger partial charge in [-0.3, -0.25) is 14.3 Å². The van der Waals surface area contributed by atoms with Crippen LogP contribution in [0.15, 0.2) is 38.5 Å². The average Bonchev–Trinajstić information content (AvgIpc) is 2.29. The maximum Gasteiger partial charge on any atom is 0.328 e. The number of hydrogen-bond donors (Lipinski definition) is 1. The van der Waals surface area contributed by atoms with Gasteiger partial charge >= 0.3 is 5.69 Å². The molecule has 2 aromatic rings. The SMILES string of the molecule is O=c1[nH]c(=O)n(Cc2ccc(Cl)cc2F)cc1Br. The summed E-state index contributed by atoms with van der Waals surface area (Å²) >= 11 is 8.64. The van der Waals surface area contributed by atoms with Crippen LogP contribution in [0.3, 0.4) is 0 Å². The summed E-state index contributed by atoms with van der Waals surface area (Å²) in [7, 11) is 0. The van der Waals surface area contributed by atoms with Crippen molar-refractivity contribution in [3.63, 3.8) is 0 Å². The van der Waals surface area contributed by atoms with E-state index >= 15 is 0 Å². The molecule has 18 heavy (non-hydrogen) atoms. The third-order valence-electron chi connectivity index (χ3n) is 2.32. The molecule has 0 spiro atoms. The van der Waals surface area contributed by atoms with Gasteiger partial charge in [-0.05, 0) is 28.1 Å². The second-order valence-corrected chi connectivity index (χ2v) is 4.89. The van der Waals surface area contributed by atoms with E-state index < -0.39 is 17.1 Å². The lowest BCUT2D eigenvalue weighted by Gasteiger charge is -2.06. The molecule has 0 aliphatic heterocycles. The van der Waals surface area contributed by atoms with Gasteiger partial charge in [-0.15, -0.1) is 0 Å². The Hall–Kier alpha value is -1.40. The van der Waals surface area contributed by atoms with E-state index in [-0.39, 0.29) is 16.0 Å². The molecule has 0 aliphatic rings. The molecule has 1 N–H and O–H groups in total. The highest BCUT2D eigenvalue weighted by atomic mass is 79.9. The van der Waals surface area contributed by atoms with Crippen LogP contribution in [0.4, 0.5) is 4.39 Å². The topological polar surface area (TPSA) is 54.9 Å². The first kappa shape index (κ1) is 13.0. The van der Waals surface area contributed by atoms with E-state index in [9.17, 15) is 14.0 Å². The Morgan fingerprint density at radius 1 is 1.39 bits per heavy atom. The van der Waals surface area contributed by atoms with Gasteiger partial charge < -0.3 is 0 Å². The van der Waals surface area contributed by atoms with Gasteiger partial charge in [-0.2, -0.15) is 0 Å². The number of benzene rings is 1. The van der Waals surface area contributed by atoms with Crippen LogP contribution in [0.5, 0.6) is 0 Å². The number of nitrogens with one attached hydrogen (secondary N) is 1. The van der Waals surface area contributed by atoms with Crippen LogP contribution < -0.4 is 11.2 Å². The van der Waals surface area contributed by atoms with Gasteiger partial charge in [0.1, 0.15) is 5.82 Å². The van der Waals surface area contributed by atoms with E-state index in [0.29, 0.717) is 5.56 Å². The van der Waals surface area contributed by atoms with Crippen LogP contribution >= 0.6 is 27.5 Å². The first-order valence-electron chi connectivity index (χ1n) is 4.90. The van der Waals surface area contributed by atoms with Gasteiger partial charge in [0.25, 0.3) is 5.56 Å². The molecule has 1 aromatic carbocycles. The quantitative estimate of drug-likeness (QED) is 0.915. The highest BCUT2D eigenvalue weighted by Gasteiger charge is 2.07. The van der Waals surface area contributed by atoms with Gasteiger partial charge in [-0.1, -0.05) is 17.7 Å². The van der Waals surface area contributed by atoms with Gasteiger partial charge in [0.15, 0.2) is 0 Å². The number of hydrogen-bond acceptors (Lipinski definition) is 2. The predicted molar refractivity (Wildman–Crippen MR) is 69.5 cm³/mol. The molecule has 0 saturated heterocycles. The third kappa shape index (κ3) is 2.70. The summed E-state index contributed by atoms with van der Waals surface area (Å²) in [6, 6.07) is 4.19. The van der Waals surface area contributed by atoms with Crippen molar-refractivity contribution in [2.45, 2.75) is 6.54 Å². The number of nitrogens with zero attached hydrogens (tertiary/aromatic N) is 1. The Labute approximate surface area is 114 Å². The number of H-pyrrole nitrogens is 1. The van der Waals surface area contributed by atoms with Gasteiger partial charge in [0, 0.05) is 16.8 Å². The summed E-state index contributed by atoms with van der Waals surface area (Å²) < 4.78 is 15.0. The van der Waals surface area contributed by atoms with Crippen molar-refractivity contribution in [2.75, 3.05) is 0 Å². The van der Waals surface area contributed by atoms with Gasteiger partial charge in [0.05, 0.1) is 11.0 Å². The molecule has 0 saturated carbocycles. The highest BCUT2D eigenvalue weighted by Crippen LogP contribution is 2.15. The summed E-state index contributed by atoms with van der Waals surface area (Å²) in [6.07, 6.45) is 1.31. The lowest BCUT2D eigenvalue weighted by Crippen LogP contribution is -2.30. The minimum absolute atomic E-state index is 0.0111. The maximum absolute atomic E-state index is 13.6. The molecule has 0 fully saturated rings. The van der Waals surface area contributed by atoms with Gasteiger partial charge in [-0.25, -0.2) is 9.18 Å². The Morgan fingerprint density at radius 3 is 2.78 bits per heavy atom. The van der Waals surface area contributed by atoms with E-state index in [2.05, 4.69) is 20.9 Å². The summed E-state index contributed by atoms with van der Waals surface area (Å²) in [5, 5.41) is 0.284. The molecule has 1 heterocycles. The fraction of sp³-hybridized carbons (Fsp3) is 0.0909. The lowest BCUT2D eigenvalue weighted by molar-refractivity contribution is 0.592. The molecule has 7 heteroatoms. The smallest absolute Gasteiger partial charge is 0.295 e. The number of rotatable bonds is 2. The minimum atomic E-state index is -0.599. The Bertz CT molecular complexity index is 711. The van der Waals surface area contributed by atoms with Crippen molar-refractivity contribution in [2.24, 2.45) is 0 Å². The van der Waals surface area contributed by atoms with E-state index in [1.54, 1.807) is 0 Å². The molecule has 0 atom stereocenters. The average molecular weight is 334 g/mol. The molecular weight excluding hydrogens is 326 g/mol. The lowest BCUT2D eigenvalue weighted by atomic mass is 10.2. The van der Waals surface area contributed by atoms with Crippen molar-refractivity contribution in [1.29, 1.82) is 0 Å². The molecule has 0 radical (unpaired) electrons. The normalized spacial score (nSPS) is 10.6. The zero-order valence-corrected chi connectivity index (χ0v) is 11.3. The number of aromatic nitrogens is 2. The Balaban J connectivity index is 2.43. The number of aromatic amines is 1. The molecule has 1 aromatic heterocycles. The zero-order valence-electron chi connectivity index (χ0n) is 8.91. The Morgan fingerprint density at radius 2 is 2.11 bits per heavy atom. The van der Waals surface area contributed by atoms with Crippen molar-refractivity contribution in [3.8, 4) is 0 Å². The van der Waals surface area contributed by atoms with Crippen molar-refractivity contribution >= 4 is 27.5 Å². The van der Waals surface area contributed by atoms with Crippen LogP contribution in [0, 0.1) is 5.82 Å². The summed E-state index contributed by atoms with van der Waals surface area (Å²) in [4.78, 5) is 24.8. The largest absolute Gasteiger partial charge is 0.328 e. The molecule has 0 unspecified atom stereocenters.